The zero-order chi connectivity index (χ0) is 16.2. The lowest BCUT2D eigenvalue weighted by molar-refractivity contribution is -0.167. The Balaban J connectivity index is 2.05. The molecule has 1 N–H and O–H groups in total. The van der Waals surface area contributed by atoms with E-state index >= 15 is 0 Å². The minimum Gasteiger partial charge on any atom is -0.458 e. The van der Waals surface area contributed by atoms with E-state index in [-0.39, 0.29) is 5.82 Å². The summed E-state index contributed by atoms with van der Waals surface area (Å²) in [6, 6.07) is 8.27. The van der Waals surface area contributed by atoms with Crippen molar-refractivity contribution in [2.75, 3.05) is 13.1 Å². The third-order valence-corrected chi connectivity index (χ3v) is 3.97. The van der Waals surface area contributed by atoms with E-state index in [1.54, 1.807) is 26.0 Å². The Kier molecular flexibility index (Phi) is 4.82. The zero-order valence-corrected chi connectivity index (χ0v) is 13.0. The topological polar surface area (TPSA) is 62.1 Å². The van der Waals surface area contributed by atoms with Crippen molar-refractivity contribution in [3.63, 3.8) is 0 Å². The second-order valence-electron chi connectivity index (χ2n) is 6.40. The Bertz CT molecular complexity index is 569. The molecule has 22 heavy (non-hydrogen) atoms. The van der Waals surface area contributed by atoms with Gasteiger partial charge in [-0.05, 0) is 57.5 Å². The van der Waals surface area contributed by atoms with Crippen LogP contribution in [0.25, 0.3) is 0 Å². The standard InChI is InChI=1S/C17H21FN2O2/c1-16(2,11-13-3-5-14(18)6-4-13)22-15(21)17(12-19)7-9-20-10-8-17/h3-6,20H,7-11H2,1-2H3. The van der Waals surface area contributed by atoms with E-state index in [0.29, 0.717) is 32.4 Å². The molecular formula is C17H21FN2O2. The number of hydrogen-bond acceptors (Lipinski definition) is 4. The number of carbonyl (C=O) groups excluding carboxylic acids is 1. The van der Waals surface area contributed by atoms with Gasteiger partial charge in [-0.1, -0.05) is 12.1 Å². The molecule has 0 saturated carbocycles. The van der Waals surface area contributed by atoms with Crippen molar-refractivity contribution in [1.82, 2.24) is 5.32 Å². The Labute approximate surface area is 130 Å². The minimum absolute atomic E-state index is 0.295. The number of nitrogens with one attached hydrogen (secondary N) is 1. The fourth-order valence-electron chi connectivity index (χ4n) is 2.69. The number of piperidine rings is 1. The highest BCUT2D eigenvalue weighted by Gasteiger charge is 2.43. The molecule has 5 heteroatoms. The van der Waals surface area contributed by atoms with Crippen LogP contribution in [0.4, 0.5) is 4.39 Å². The predicted molar refractivity (Wildman–Crippen MR) is 80.4 cm³/mol. The maximum Gasteiger partial charge on any atom is 0.327 e. The van der Waals surface area contributed by atoms with Crippen LogP contribution >= 0.6 is 0 Å². The number of rotatable bonds is 4. The number of esters is 1. The molecule has 0 aliphatic carbocycles. The smallest absolute Gasteiger partial charge is 0.327 e. The van der Waals surface area contributed by atoms with Gasteiger partial charge in [-0.2, -0.15) is 5.26 Å². The molecule has 2 rings (SSSR count). The SMILES string of the molecule is CC(C)(Cc1ccc(F)cc1)OC(=O)C1(C#N)CCNCC1. The van der Waals surface area contributed by atoms with Crippen molar-refractivity contribution in [3.8, 4) is 6.07 Å². The maximum absolute atomic E-state index is 12.9. The third kappa shape index (κ3) is 3.83. The molecule has 0 amide bonds. The van der Waals surface area contributed by atoms with E-state index in [4.69, 9.17) is 4.74 Å². The number of nitrogens with zero attached hydrogens (tertiary/aromatic N) is 1. The van der Waals surface area contributed by atoms with Crippen molar-refractivity contribution in [2.45, 2.75) is 38.7 Å². The number of carbonyl (C=O) groups is 1. The van der Waals surface area contributed by atoms with Gasteiger partial charge in [0.05, 0.1) is 6.07 Å². The highest BCUT2D eigenvalue weighted by atomic mass is 19.1. The van der Waals surface area contributed by atoms with E-state index in [1.165, 1.54) is 12.1 Å². The van der Waals surface area contributed by atoms with Crippen molar-refractivity contribution in [1.29, 1.82) is 5.26 Å². The molecule has 4 nitrogen and oxygen atoms in total. The molecule has 1 saturated heterocycles. The summed E-state index contributed by atoms with van der Waals surface area (Å²) in [4.78, 5) is 12.5. The highest BCUT2D eigenvalue weighted by molar-refractivity contribution is 5.80. The van der Waals surface area contributed by atoms with Crippen LogP contribution in [0.15, 0.2) is 24.3 Å². The van der Waals surface area contributed by atoms with Crippen LogP contribution in [0.5, 0.6) is 0 Å². The summed E-state index contributed by atoms with van der Waals surface area (Å²) in [5, 5.41) is 12.6. The van der Waals surface area contributed by atoms with Crippen LogP contribution in [0.3, 0.4) is 0 Å². The largest absolute Gasteiger partial charge is 0.458 e. The molecule has 0 atom stereocenters. The summed E-state index contributed by atoms with van der Waals surface area (Å²) in [5.41, 5.74) is -0.912. The van der Waals surface area contributed by atoms with Crippen molar-refractivity contribution >= 4 is 5.97 Å². The fourth-order valence-corrected chi connectivity index (χ4v) is 2.69. The molecular weight excluding hydrogens is 283 g/mol. The van der Waals surface area contributed by atoms with Crippen LogP contribution in [0, 0.1) is 22.6 Å². The van der Waals surface area contributed by atoms with E-state index in [1.807, 2.05) is 0 Å². The molecule has 1 fully saturated rings. The number of benzene rings is 1. The first-order chi connectivity index (χ1) is 10.4. The second kappa shape index (κ2) is 6.45. The van der Waals surface area contributed by atoms with Gasteiger partial charge in [0.15, 0.2) is 5.41 Å². The molecule has 0 radical (unpaired) electrons. The summed E-state index contributed by atoms with van der Waals surface area (Å²) in [6.45, 7) is 4.89. The lowest BCUT2D eigenvalue weighted by Gasteiger charge is -2.33. The van der Waals surface area contributed by atoms with Crippen LogP contribution in [0.1, 0.15) is 32.3 Å². The monoisotopic (exact) mass is 304 g/mol. The molecule has 0 bridgehead atoms. The average molecular weight is 304 g/mol. The van der Waals surface area contributed by atoms with E-state index < -0.39 is 17.0 Å². The lowest BCUT2D eigenvalue weighted by Crippen LogP contribution is -2.45. The van der Waals surface area contributed by atoms with Crippen LogP contribution in [-0.2, 0) is 16.0 Å². The Morgan fingerprint density at radius 1 is 1.36 bits per heavy atom. The van der Waals surface area contributed by atoms with Crippen molar-refractivity contribution in [3.05, 3.63) is 35.6 Å². The zero-order valence-electron chi connectivity index (χ0n) is 13.0. The van der Waals surface area contributed by atoms with Gasteiger partial charge in [0, 0.05) is 6.42 Å². The normalized spacial score (nSPS) is 17.5. The van der Waals surface area contributed by atoms with Gasteiger partial charge >= 0.3 is 5.97 Å². The molecule has 1 heterocycles. The van der Waals surface area contributed by atoms with Gasteiger partial charge in [-0.3, -0.25) is 4.79 Å². The quantitative estimate of drug-likeness (QED) is 0.869. The summed E-state index contributed by atoms with van der Waals surface area (Å²) < 4.78 is 18.6. The highest BCUT2D eigenvalue weighted by Crippen LogP contribution is 2.32. The molecule has 118 valence electrons. The van der Waals surface area contributed by atoms with Gasteiger partial charge in [0.2, 0.25) is 0 Å². The van der Waals surface area contributed by atoms with Crippen LogP contribution in [-0.4, -0.2) is 24.7 Å². The van der Waals surface area contributed by atoms with Crippen molar-refractivity contribution in [2.24, 2.45) is 5.41 Å². The van der Waals surface area contributed by atoms with Crippen LogP contribution in [0.2, 0.25) is 0 Å². The second-order valence-corrected chi connectivity index (χ2v) is 6.40. The van der Waals surface area contributed by atoms with E-state index in [2.05, 4.69) is 11.4 Å². The molecule has 0 unspecified atom stereocenters. The average Bonchev–Trinajstić information content (AvgIpc) is 2.49. The fraction of sp³-hybridized carbons (Fsp3) is 0.529. The summed E-state index contributed by atoms with van der Waals surface area (Å²) >= 11 is 0. The van der Waals surface area contributed by atoms with E-state index in [0.717, 1.165) is 5.56 Å². The Morgan fingerprint density at radius 2 is 1.95 bits per heavy atom. The summed E-state index contributed by atoms with van der Waals surface area (Å²) in [5.74, 6) is -0.750. The predicted octanol–water partition coefficient (Wildman–Crippen LogP) is 2.58. The maximum atomic E-state index is 12.9. The van der Waals surface area contributed by atoms with E-state index in [9.17, 15) is 14.4 Å². The molecule has 0 spiro atoms. The van der Waals surface area contributed by atoms with Gasteiger partial charge in [-0.15, -0.1) is 0 Å². The number of halogens is 1. The summed E-state index contributed by atoms with van der Waals surface area (Å²) in [6.07, 6.45) is 1.41. The molecule has 0 aromatic heterocycles. The number of ether oxygens (including phenoxy) is 1. The first-order valence-electron chi connectivity index (χ1n) is 7.47. The molecule has 1 aromatic rings. The van der Waals surface area contributed by atoms with Gasteiger partial charge < -0.3 is 10.1 Å². The Hall–Kier alpha value is -1.93. The minimum atomic E-state index is -1.05. The van der Waals surface area contributed by atoms with Gasteiger partial charge in [-0.25, -0.2) is 4.39 Å². The first kappa shape index (κ1) is 16.4. The number of nitriles is 1. The first-order valence-corrected chi connectivity index (χ1v) is 7.47. The van der Waals surface area contributed by atoms with Gasteiger partial charge in [0.1, 0.15) is 11.4 Å². The van der Waals surface area contributed by atoms with Crippen molar-refractivity contribution < 1.29 is 13.9 Å². The third-order valence-electron chi connectivity index (χ3n) is 3.97. The Morgan fingerprint density at radius 3 is 2.50 bits per heavy atom. The molecule has 1 aliphatic rings. The summed E-state index contributed by atoms with van der Waals surface area (Å²) in [7, 11) is 0. The van der Waals surface area contributed by atoms with Crippen LogP contribution < -0.4 is 5.32 Å². The number of hydrogen-bond donors (Lipinski definition) is 1. The molecule has 1 aliphatic heterocycles. The molecule has 1 aromatic carbocycles. The lowest BCUT2D eigenvalue weighted by atomic mass is 9.80. The van der Waals surface area contributed by atoms with Gasteiger partial charge in [0.25, 0.3) is 0 Å².